The van der Waals surface area contributed by atoms with Gasteiger partial charge in [0.15, 0.2) is 5.79 Å². The summed E-state index contributed by atoms with van der Waals surface area (Å²) in [6.45, 7) is 3.76. The van der Waals surface area contributed by atoms with Crippen LogP contribution in [0.5, 0.6) is 5.75 Å². The van der Waals surface area contributed by atoms with Crippen LogP contribution < -0.4 is 4.74 Å². The molecule has 0 amide bonds. The van der Waals surface area contributed by atoms with Gasteiger partial charge in [-0.3, -0.25) is 0 Å². The summed E-state index contributed by atoms with van der Waals surface area (Å²) in [7, 11) is 3.98. The van der Waals surface area contributed by atoms with Gasteiger partial charge in [0.1, 0.15) is 5.75 Å². The molecule has 4 nitrogen and oxygen atoms in total. The fourth-order valence-electron chi connectivity index (χ4n) is 4.96. The molecule has 2 atom stereocenters. The van der Waals surface area contributed by atoms with Crippen molar-refractivity contribution in [2.45, 2.75) is 36.9 Å². The lowest BCUT2D eigenvalue weighted by molar-refractivity contribution is -0.206. The number of hydrogen-bond donors (Lipinski definition) is 0. The summed E-state index contributed by atoms with van der Waals surface area (Å²) in [4.78, 5) is 2.47. The van der Waals surface area contributed by atoms with Crippen molar-refractivity contribution < 1.29 is 14.2 Å². The minimum atomic E-state index is -0.352. The normalized spacial score (nSPS) is 33.6. The van der Waals surface area contributed by atoms with Gasteiger partial charge in [0.25, 0.3) is 0 Å². The summed E-state index contributed by atoms with van der Waals surface area (Å²) < 4.78 is 17.7. The van der Waals surface area contributed by atoms with E-state index < -0.39 is 0 Å². The van der Waals surface area contributed by atoms with E-state index in [9.17, 15) is 0 Å². The predicted octanol–water partition coefficient (Wildman–Crippen LogP) is 2.81. The minimum Gasteiger partial charge on any atom is -0.497 e. The summed E-state index contributed by atoms with van der Waals surface area (Å²) in [5.74, 6) is 1.25. The monoisotopic (exact) mass is 317 g/mol. The topological polar surface area (TPSA) is 30.9 Å². The van der Waals surface area contributed by atoms with Crippen LogP contribution in [-0.4, -0.2) is 51.1 Å². The highest BCUT2D eigenvalue weighted by molar-refractivity contribution is 5.36. The molecule has 3 fully saturated rings. The molecule has 1 aromatic carbocycles. The van der Waals surface area contributed by atoms with Crippen LogP contribution in [0.3, 0.4) is 0 Å². The number of likely N-dealkylation sites (tertiary alicyclic amines) is 1. The van der Waals surface area contributed by atoms with Gasteiger partial charge in [-0.1, -0.05) is 12.1 Å². The Morgan fingerprint density at radius 3 is 2.83 bits per heavy atom. The third kappa shape index (κ3) is 2.57. The number of fused-ring (bicyclic) bond motifs is 1. The Kier molecular flexibility index (Phi) is 3.87. The molecule has 3 aliphatic rings. The zero-order valence-electron chi connectivity index (χ0n) is 14.2. The van der Waals surface area contributed by atoms with Gasteiger partial charge in [0.05, 0.1) is 20.3 Å². The van der Waals surface area contributed by atoms with Crippen LogP contribution in [0.2, 0.25) is 0 Å². The summed E-state index contributed by atoms with van der Waals surface area (Å²) in [6.07, 6.45) is 4.33. The van der Waals surface area contributed by atoms with E-state index in [-0.39, 0.29) is 11.2 Å². The fourth-order valence-corrected chi connectivity index (χ4v) is 4.96. The zero-order chi connectivity index (χ0) is 15.9. The lowest BCUT2D eigenvalue weighted by atomic mass is 9.57. The van der Waals surface area contributed by atoms with Crippen molar-refractivity contribution in [1.29, 1.82) is 0 Å². The minimum absolute atomic E-state index is 0.142. The molecule has 1 spiro atoms. The number of hydrogen-bond acceptors (Lipinski definition) is 4. The SMILES string of the molecule is COc1cccc([C@@]23CCN(C)C[C@@H]2CCC2(C3)OCCO2)c1. The lowest BCUT2D eigenvalue weighted by Gasteiger charge is -2.54. The molecule has 23 heavy (non-hydrogen) atoms. The van der Waals surface area contributed by atoms with E-state index in [2.05, 4.69) is 30.1 Å². The quantitative estimate of drug-likeness (QED) is 0.839. The Hall–Kier alpha value is -1.10. The second kappa shape index (κ2) is 5.76. The number of benzene rings is 1. The van der Waals surface area contributed by atoms with Gasteiger partial charge < -0.3 is 19.1 Å². The molecule has 1 saturated carbocycles. The molecule has 0 N–H and O–H groups in total. The Morgan fingerprint density at radius 2 is 2.04 bits per heavy atom. The van der Waals surface area contributed by atoms with Crippen molar-refractivity contribution in [2.75, 3.05) is 40.5 Å². The van der Waals surface area contributed by atoms with Crippen molar-refractivity contribution in [3.05, 3.63) is 29.8 Å². The van der Waals surface area contributed by atoms with E-state index in [0.717, 1.165) is 51.3 Å². The van der Waals surface area contributed by atoms with E-state index in [0.29, 0.717) is 5.92 Å². The van der Waals surface area contributed by atoms with E-state index in [1.54, 1.807) is 7.11 Å². The lowest BCUT2D eigenvalue weighted by Crippen LogP contribution is -2.56. The summed E-state index contributed by atoms with van der Waals surface area (Å²) >= 11 is 0. The number of methoxy groups -OCH3 is 1. The molecule has 0 aromatic heterocycles. The first-order valence-electron chi connectivity index (χ1n) is 8.77. The summed E-state index contributed by atoms with van der Waals surface area (Å²) in [5.41, 5.74) is 1.54. The van der Waals surface area contributed by atoms with Gasteiger partial charge in [0.2, 0.25) is 0 Å². The second-order valence-corrected chi connectivity index (χ2v) is 7.42. The maximum absolute atomic E-state index is 6.09. The largest absolute Gasteiger partial charge is 0.497 e. The molecular weight excluding hydrogens is 290 g/mol. The van der Waals surface area contributed by atoms with Crippen molar-refractivity contribution in [2.24, 2.45) is 5.92 Å². The smallest absolute Gasteiger partial charge is 0.169 e. The van der Waals surface area contributed by atoms with Crippen LogP contribution in [0, 0.1) is 5.92 Å². The van der Waals surface area contributed by atoms with Gasteiger partial charge in [-0.2, -0.15) is 0 Å². The number of nitrogens with zero attached hydrogens (tertiary/aromatic N) is 1. The average molecular weight is 317 g/mol. The maximum Gasteiger partial charge on any atom is 0.169 e. The summed E-state index contributed by atoms with van der Waals surface area (Å²) in [6, 6.07) is 8.66. The first-order valence-corrected chi connectivity index (χ1v) is 8.77. The van der Waals surface area contributed by atoms with Gasteiger partial charge in [-0.05, 0) is 50.0 Å². The molecule has 2 aliphatic heterocycles. The van der Waals surface area contributed by atoms with Gasteiger partial charge >= 0.3 is 0 Å². The molecule has 4 rings (SSSR count). The molecule has 1 aromatic rings. The van der Waals surface area contributed by atoms with Crippen LogP contribution in [0.4, 0.5) is 0 Å². The number of rotatable bonds is 2. The average Bonchev–Trinajstić information content (AvgIpc) is 3.03. The first kappa shape index (κ1) is 15.4. The molecule has 1 aliphatic carbocycles. The Balaban J connectivity index is 1.74. The molecular formula is C19H27NO3. The first-order chi connectivity index (χ1) is 11.2. The Bertz CT molecular complexity index is 569. The molecule has 2 saturated heterocycles. The van der Waals surface area contributed by atoms with E-state index >= 15 is 0 Å². The maximum atomic E-state index is 6.09. The van der Waals surface area contributed by atoms with Crippen molar-refractivity contribution in [3.8, 4) is 5.75 Å². The Morgan fingerprint density at radius 1 is 1.22 bits per heavy atom. The number of ether oxygens (including phenoxy) is 3. The number of piperidine rings is 1. The molecule has 126 valence electrons. The Labute approximate surface area is 138 Å². The molecule has 0 radical (unpaired) electrons. The van der Waals surface area contributed by atoms with Crippen LogP contribution in [0.25, 0.3) is 0 Å². The van der Waals surface area contributed by atoms with E-state index in [4.69, 9.17) is 14.2 Å². The highest BCUT2D eigenvalue weighted by Gasteiger charge is 2.55. The predicted molar refractivity (Wildman–Crippen MR) is 88.8 cm³/mol. The second-order valence-electron chi connectivity index (χ2n) is 7.42. The highest BCUT2D eigenvalue weighted by Crippen LogP contribution is 2.54. The van der Waals surface area contributed by atoms with Crippen LogP contribution in [0.1, 0.15) is 31.2 Å². The van der Waals surface area contributed by atoms with Crippen molar-refractivity contribution in [3.63, 3.8) is 0 Å². The third-order valence-electron chi connectivity index (χ3n) is 6.17. The molecule has 2 heterocycles. The zero-order valence-corrected chi connectivity index (χ0v) is 14.2. The molecule has 0 bridgehead atoms. The van der Waals surface area contributed by atoms with E-state index in [1.165, 1.54) is 12.0 Å². The standard InChI is InChI=1S/C19H27NO3/c1-20-9-8-18(15-4-3-5-17(12-15)21-2)14-19(22-10-11-23-19)7-6-16(18)13-20/h3-5,12,16H,6-11,13-14H2,1-2H3/t16-,18-/m0/s1. The third-order valence-corrected chi connectivity index (χ3v) is 6.17. The molecule has 0 unspecified atom stereocenters. The van der Waals surface area contributed by atoms with Gasteiger partial charge in [0, 0.05) is 24.8 Å². The molecule has 4 heteroatoms. The summed E-state index contributed by atoms with van der Waals surface area (Å²) in [5, 5.41) is 0. The fraction of sp³-hybridized carbons (Fsp3) is 0.684. The van der Waals surface area contributed by atoms with Gasteiger partial charge in [-0.15, -0.1) is 0 Å². The van der Waals surface area contributed by atoms with Crippen LogP contribution in [-0.2, 0) is 14.9 Å². The van der Waals surface area contributed by atoms with E-state index in [1.807, 2.05) is 6.07 Å². The highest BCUT2D eigenvalue weighted by atomic mass is 16.7. The van der Waals surface area contributed by atoms with Gasteiger partial charge in [-0.25, -0.2) is 0 Å². The van der Waals surface area contributed by atoms with Crippen molar-refractivity contribution >= 4 is 0 Å². The van der Waals surface area contributed by atoms with Crippen LogP contribution in [0.15, 0.2) is 24.3 Å². The van der Waals surface area contributed by atoms with Crippen LogP contribution >= 0.6 is 0 Å². The van der Waals surface area contributed by atoms with Crippen molar-refractivity contribution in [1.82, 2.24) is 4.90 Å².